The third-order valence-corrected chi connectivity index (χ3v) is 7.29. The van der Waals surface area contributed by atoms with E-state index in [1.54, 1.807) is 24.3 Å². The van der Waals surface area contributed by atoms with E-state index < -0.39 is 22.1 Å². The number of hydrogen-bond donors (Lipinski definition) is 2. The zero-order valence-electron chi connectivity index (χ0n) is 18.7. The highest BCUT2D eigenvalue weighted by Gasteiger charge is 2.32. The zero-order valence-corrected chi connectivity index (χ0v) is 19.5. The summed E-state index contributed by atoms with van der Waals surface area (Å²) in [7, 11) is -0.467. The maximum Gasteiger partial charge on any atom is 0.323 e. The van der Waals surface area contributed by atoms with Gasteiger partial charge in [0.15, 0.2) is 5.82 Å². The van der Waals surface area contributed by atoms with Gasteiger partial charge in [-0.05, 0) is 32.0 Å². The smallest absolute Gasteiger partial charge is 0.306 e. The first kappa shape index (κ1) is 24.1. The van der Waals surface area contributed by atoms with Gasteiger partial charge in [0.1, 0.15) is 0 Å². The Hall–Kier alpha value is -2.60. The van der Waals surface area contributed by atoms with Crippen molar-refractivity contribution in [3.63, 3.8) is 0 Å². The second kappa shape index (κ2) is 9.90. The summed E-state index contributed by atoms with van der Waals surface area (Å²) >= 11 is 0. The highest BCUT2D eigenvalue weighted by Crippen LogP contribution is 2.23. The molecular weight excluding hydrogens is 435 g/mol. The van der Waals surface area contributed by atoms with Crippen molar-refractivity contribution >= 4 is 27.6 Å². The maximum absolute atomic E-state index is 15.1. The summed E-state index contributed by atoms with van der Waals surface area (Å²) in [6.07, 6.45) is 1.53. The number of carbonyl (C=O) groups excluding carboxylic acids is 1. The van der Waals surface area contributed by atoms with E-state index >= 15 is 4.39 Å². The zero-order chi connectivity index (χ0) is 23.5. The number of aromatic nitrogens is 1. The fourth-order valence-electron chi connectivity index (χ4n) is 3.48. The Kier molecular flexibility index (Phi) is 7.44. The number of urea groups is 1. The number of benzene rings is 1. The van der Waals surface area contributed by atoms with Crippen molar-refractivity contribution in [3.8, 4) is 0 Å². The maximum atomic E-state index is 15.1. The first-order chi connectivity index (χ1) is 15.1. The number of carbonyl (C=O) groups is 1. The Labute approximate surface area is 188 Å². The molecule has 0 bridgehead atoms. The molecule has 0 spiro atoms. The topological polar surface area (TPSA) is 97.9 Å². The van der Waals surface area contributed by atoms with E-state index in [2.05, 4.69) is 15.6 Å². The van der Waals surface area contributed by atoms with Crippen molar-refractivity contribution in [2.24, 2.45) is 0 Å². The first-order valence-corrected chi connectivity index (χ1v) is 11.7. The number of aryl methyl sites for hydroxylation is 1. The predicted octanol–water partition coefficient (Wildman–Crippen LogP) is 2.49. The summed E-state index contributed by atoms with van der Waals surface area (Å²) in [4.78, 5) is 18.4. The molecular formula is C21H29FN6O3S. The van der Waals surface area contributed by atoms with Crippen LogP contribution >= 0.6 is 0 Å². The van der Waals surface area contributed by atoms with Gasteiger partial charge >= 0.3 is 6.03 Å². The lowest BCUT2D eigenvalue weighted by Gasteiger charge is -2.40. The number of amides is 2. The van der Waals surface area contributed by atoms with Crippen molar-refractivity contribution < 1.29 is 17.6 Å². The molecule has 9 nitrogen and oxygen atoms in total. The van der Waals surface area contributed by atoms with Crippen LogP contribution in [0.25, 0.3) is 0 Å². The lowest BCUT2D eigenvalue weighted by molar-refractivity contribution is 0.118. The first-order valence-electron chi connectivity index (χ1n) is 10.3. The third kappa shape index (κ3) is 5.60. The van der Waals surface area contributed by atoms with E-state index in [0.717, 1.165) is 5.69 Å². The fourth-order valence-corrected chi connectivity index (χ4v) is 4.66. The summed E-state index contributed by atoms with van der Waals surface area (Å²) in [6.45, 7) is 5.20. The lowest BCUT2D eigenvalue weighted by Crippen LogP contribution is -2.55. The molecule has 1 saturated heterocycles. The van der Waals surface area contributed by atoms with Crippen molar-refractivity contribution in [1.29, 1.82) is 0 Å². The quantitative estimate of drug-likeness (QED) is 0.685. The molecule has 174 valence electrons. The molecule has 0 aliphatic carbocycles. The monoisotopic (exact) mass is 464 g/mol. The largest absolute Gasteiger partial charge is 0.323 e. The van der Waals surface area contributed by atoms with Crippen LogP contribution in [0.4, 0.5) is 20.6 Å². The Morgan fingerprint density at radius 2 is 1.97 bits per heavy atom. The highest BCUT2D eigenvalue weighted by atomic mass is 32.2. The van der Waals surface area contributed by atoms with Gasteiger partial charge in [0.05, 0.1) is 17.6 Å². The number of anilines is 2. The summed E-state index contributed by atoms with van der Waals surface area (Å²) in [6, 6.07) is 7.66. The Bertz CT molecular complexity index is 1060. The molecule has 1 aliphatic rings. The molecule has 32 heavy (non-hydrogen) atoms. The van der Waals surface area contributed by atoms with Gasteiger partial charge in [-0.3, -0.25) is 9.88 Å². The summed E-state index contributed by atoms with van der Waals surface area (Å²) in [5.41, 5.74) is 1.82. The number of nitrogens with zero attached hydrogens (tertiary/aromatic N) is 4. The highest BCUT2D eigenvalue weighted by molar-refractivity contribution is 7.86. The van der Waals surface area contributed by atoms with Crippen LogP contribution in [0, 0.1) is 12.7 Å². The Morgan fingerprint density at radius 3 is 2.59 bits per heavy atom. The van der Waals surface area contributed by atoms with Gasteiger partial charge in [-0.2, -0.15) is 17.0 Å². The molecule has 1 fully saturated rings. The Morgan fingerprint density at radius 1 is 1.22 bits per heavy atom. The van der Waals surface area contributed by atoms with Crippen LogP contribution in [0.3, 0.4) is 0 Å². The molecule has 1 aliphatic heterocycles. The predicted molar refractivity (Wildman–Crippen MR) is 122 cm³/mol. The van der Waals surface area contributed by atoms with Crippen LogP contribution in [-0.2, 0) is 16.8 Å². The average molecular weight is 465 g/mol. The van der Waals surface area contributed by atoms with Gasteiger partial charge in [0.25, 0.3) is 10.2 Å². The molecule has 3 rings (SSSR count). The average Bonchev–Trinajstić information content (AvgIpc) is 2.73. The van der Waals surface area contributed by atoms with E-state index in [1.807, 2.05) is 18.7 Å². The number of nitrogens with one attached hydrogen (secondary N) is 2. The van der Waals surface area contributed by atoms with E-state index in [9.17, 15) is 13.2 Å². The molecule has 2 heterocycles. The van der Waals surface area contributed by atoms with E-state index in [-0.39, 0.29) is 11.7 Å². The SMILES string of the molecule is Cc1ccc(NC(=O)Nc2cccc(CN3CCN(S(=O)(=O)N(C)C)C[C@@H]3C)c2F)cn1. The lowest BCUT2D eigenvalue weighted by atomic mass is 10.1. The number of hydrogen-bond acceptors (Lipinski definition) is 5. The van der Waals surface area contributed by atoms with Crippen molar-refractivity contribution in [3.05, 3.63) is 53.6 Å². The molecule has 1 aromatic carbocycles. The van der Waals surface area contributed by atoms with Crippen molar-refractivity contribution in [1.82, 2.24) is 18.5 Å². The number of halogens is 1. The molecule has 0 radical (unpaired) electrons. The molecule has 1 atom stereocenters. The second-order valence-corrected chi connectivity index (χ2v) is 10.2. The fraction of sp³-hybridized carbons (Fsp3) is 0.429. The number of piperazine rings is 1. The molecule has 0 saturated carbocycles. The van der Waals surface area contributed by atoms with Crippen molar-refractivity contribution in [2.45, 2.75) is 26.4 Å². The molecule has 2 amide bonds. The second-order valence-electron chi connectivity index (χ2n) is 8.01. The minimum absolute atomic E-state index is 0.0709. The van der Waals surface area contributed by atoms with Gasteiger partial charge in [0.2, 0.25) is 0 Å². The van der Waals surface area contributed by atoms with Gasteiger partial charge in [-0.15, -0.1) is 0 Å². The molecule has 0 unspecified atom stereocenters. The standard InChI is InChI=1S/C21H29FN6O3S/c1-15-8-9-18(12-23-15)24-21(29)25-19-7-5-6-17(20(19)22)14-27-10-11-28(13-16(27)2)32(30,31)26(3)4/h5-9,12,16H,10-11,13-14H2,1-4H3,(H2,24,25,29)/t16-/m0/s1. The third-order valence-electron chi connectivity index (χ3n) is 5.39. The van der Waals surface area contributed by atoms with Crippen LogP contribution in [-0.4, -0.2) is 72.7 Å². The Balaban J connectivity index is 1.64. The molecule has 1 aromatic heterocycles. The minimum Gasteiger partial charge on any atom is -0.306 e. The van der Waals surface area contributed by atoms with Crippen molar-refractivity contribution in [2.75, 3.05) is 44.4 Å². The number of pyridine rings is 1. The van der Waals surface area contributed by atoms with Gasteiger partial charge in [-0.1, -0.05) is 12.1 Å². The van der Waals surface area contributed by atoms with E-state index in [1.165, 1.54) is 35.0 Å². The normalized spacial score (nSPS) is 18.0. The number of rotatable bonds is 6. The van der Waals surface area contributed by atoms with Crippen LogP contribution < -0.4 is 10.6 Å². The molecule has 11 heteroatoms. The van der Waals surface area contributed by atoms with Gasteiger partial charge in [-0.25, -0.2) is 9.18 Å². The van der Waals surface area contributed by atoms with E-state index in [0.29, 0.717) is 37.4 Å². The van der Waals surface area contributed by atoms with Crippen LogP contribution in [0.15, 0.2) is 36.5 Å². The summed E-state index contributed by atoms with van der Waals surface area (Å²) in [5, 5.41) is 5.16. The molecule has 2 aromatic rings. The molecule has 2 N–H and O–H groups in total. The van der Waals surface area contributed by atoms with Crippen LogP contribution in [0.2, 0.25) is 0 Å². The summed E-state index contributed by atoms with van der Waals surface area (Å²) in [5.74, 6) is -0.514. The van der Waals surface area contributed by atoms with Crippen LogP contribution in [0.5, 0.6) is 0 Å². The van der Waals surface area contributed by atoms with Gasteiger partial charge in [0, 0.05) is 57.6 Å². The van der Waals surface area contributed by atoms with E-state index in [4.69, 9.17) is 0 Å². The summed E-state index contributed by atoms with van der Waals surface area (Å²) < 4.78 is 42.5. The van der Waals surface area contributed by atoms with Crippen LogP contribution in [0.1, 0.15) is 18.2 Å². The van der Waals surface area contributed by atoms with Gasteiger partial charge < -0.3 is 10.6 Å². The minimum atomic E-state index is -3.48.